The Labute approximate surface area is 346 Å². The van der Waals surface area contributed by atoms with Crippen molar-refractivity contribution in [3.05, 3.63) is 108 Å². The Morgan fingerprint density at radius 3 is 1.49 bits per heavy atom. The van der Waals surface area contributed by atoms with E-state index < -0.39 is 71.1 Å². The van der Waals surface area contributed by atoms with E-state index in [9.17, 15) is 38.4 Å². The van der Waals surface area contributed by atoms with Gasteiger partial charge in [0, 0.05) is 38.1 Å². The Balaban J connectivity index is 1.43. The van der Waals surface area contributed by atoms with Crippen molar-refractivity contribution in [2.45, 2.75) is 70.5 Å². The van der Waals surface area contributed by atoms with E-state index in [1.165, 1.54) is 13.8 Å². The maximum absolute atomic E-state index is 13.3. The number of carbonyl (C=O) groups is 8. The van der Waals surface area contributed by atoms with Gasteiger partial charge in [0.15, 0.2) is 0 Å². The molecule has 0 bridgehead atoms. The molecule has 0 unspecified atom stereocenters. The molecule has 0 saturated heterocycles. The summed E-state index contributed by atoms with van der Waals surface area (Å²) in [4.78, 5) is 101. The summed E-state index contributed by atoms with van der Waals surface area (Å²) >= 11 is 0.706. The number of ether oxygens (including phenoxy) is 3. The molecule has 4 atom stereocenters. The van der Waals surface area contributed by atoms with E-state index in [0.29, 0.717) is 11.8 Å². The number of thioether (sulfide) groups is 1. The number of nitrogens with one attached hydrogen (secondary N) is 6. The minimum Gasteiger partial charge on any atom is -0.467 e. The van der Waals surface area contributed by atoms with E-state index in [4.69, 9.17) is 14.2 Å². The number of methoxy groups -OCH3 is 1. The van der Waals surface area contributed by atoms with Gasteiger partial charge in [-0.1, -0.05) is 103 Å². The van der Waals surface area contributed by atoms with Crippen LogP contribution < -0.4 is 31.9 Å². The average molecular weight is 835 g/mol. The molecular weight excluding hydrogens is 785 g/mol. The third-order valence-corrected chi connectivity index (χ3v) is 9.43. The van der Waals surface area contributed by atoms with Crippen LogP contribution in [0.5, 0.6) is 0 Å². The Bertz CT molecular complexity index is 1850. The summed E-state index contributed by atoms with van der Waals surface area (Å²) in [7, 11) is 1.13. The van der Waals surface area contributed by atoms with E-state index in [-0.39, 0.29) is 51.3 Å². The molecule has 6 N–H and O–H groups in total. The summed E-state index contributed by atoms with van der Waals surface area (Å²) in [6.07, 6.45) is -1.90. The monoisotopic (exact) mass is 834 g/mol. The number of amides is 6. The van der Waals surface area contributed by atoms with Crippen molar-refractivity contribution >= 4 is 58.7 Å². The van der Waals surface area contributed by atoms with Gasteiger partial charge in [0.25, 0.3) is 0 Å². The summed E-state index contributed by atoms with van der Waals surface area (Å²) in [5, 5.41) is 14.7. The normalized spacial score (nSPS) is 12.5. The summed E-state index contributed by atoms with van der Waals surface area (Å²) in [6, 6.07) is 22.7. The second-order valence-electron chi connectivity index (χ2n) is 13.0. The summed E-state index contributed by atoms with van der Waals surface area (Å²) < 4.78 is 15.0. The molecule has 17 nitrogen and oxygen atoms in total. The highest BCUT2D eigenvalue weighted by Crippen LogP contribution is 2.11. The molecule has 0 aromatic heterocycles. The lowest BCUT2D eigenvalue weighted by molar-refractivity contribution is -0.144. The molecule has 0 spiro atoms. The lowest BCUT2D eigenvalue weighted by Crippen LogP contribution is -2.50. The van der Waals surface area contributed by atoms with Gasteiger partial charge in [-0.25, -0.2) is 14.4 Å². The van der Waals surface area contributed by atoms with Gasteiger partial charge in [-0.15, -0.1) is 0 Å². The maximum atomic E-state index is 13.3. The highest BCUT2D eigenvalue weighted by Gasteiger charge is 2.26. The van der Waals surface area contributed by atoms with Gasteiger partial charge in [-0.3, -0.25) is 24.0 Å². The van der Waals surface area contributed by atoms with Crippen LogP contribution in [-0.4, -0.2) is 97.0 Å². The molecule has 0 saturated carbocycles. The van der Waals surface area contributed by atoms with E-state index in [1.54, 1.807) is 78.9 Å². The molecule has 0 aliphatic heterocycles. The number of hydrogen-bond donors (Lipinski definition) is 6. The van der Waals surface area contributed by atoms with Crippen LogP contribution in [0.2, 0.25) is 0 Å². The number of alkyl carbamates (subject to hydrolysis) is 2. The number of carbonyl (C=O) groups excluding carboxylic acids is 8. The molecule has 3 rings (SSSR count). The van der Waals surface area contributed by atoms with Gasteiger partial charge < -0.3 is 46.1 Å². The Kier molecular flexibility index (Phi) is 20.5. The lowest BCUT2D eigenvalue weighted by atomic mass is 10.0. The molecular formula is C41H50N6O11S. The maximum Gasteiger partial charge on any atom is 0.408 e. The van der Waals surface area contributed by atoms with E-state index in [0.717, 1.165) is 23.8 Å². The minimum atomic E-state index is -1.22. The Morgan fingerprint density at radius 2 is 1.00 bits per heavy atom. The fraction of sp³-hybridized carbons (Fsp3) is 0.366. The average Bonchev–Trinajstić information content (AvgIpc) is 3.23. The number of esters is 1. The SMILES string of the molecule is COC(=O)[C@H](CSC(=O)[C@H](C)NC(=O)OCc1ccccc1)NC(=O)CCNC(=O)[C@H](Cc1ccccc1)NC(=O)CCNC(=O)[C@H](C)NC(=O)OCc1ccccc1. The van der Waals surface area contributed by atoms with Crippen LogP contribution in [0.15, 0.2) is 91.0 Å². The third kappa shape index (κ3) is 18.6. The number of benzene rings is 3. The van der Waals surface area contributed by atoms with Gasteiger partial charge in [-0.2, -0.15) is 0 Å². The van der Waals surface area contributed by atoms with Crippen molar-refractivity contribution in [2.75, 3.05) is 26.0 Å². The summed E-state index contributed by atoms with van der Waals surface area (Å²) in [6.45, 7) is 2.71. The first kappa shape index (κ1) is 46.9. The van der Waals surface area contributed by atoms with Crippen LogP contribution in [0.4, 0.5) is 9.59 Å². The van der Waals surface area contributed by atoms with Crippen LogP contribution in [0.25, 0.3) is 0 Å². The summed E-state index contributed by atoms with van der Waals surface area (Å²) in [5.41, 5.74) is 2.30. The molecule has 0 radical (unpaired) electrons. The zero-order valence-corrected chi connectivity index (χ0v) is 33.8. The van der Waals surface area contributed by atoms with Crippen LogP contribution in [-0.2, 0) is 62.6 Å². The summed E-state index contributed by atoms with van der Waals surface area (Å²) in [5.74, 6) is -3.30. The van der Waals surface area contributed by atoms with E-state index in [1.807, 2.05) is 12.1 Å². The number of rotatable bonds is 22. The molecule has 0 aliphatic rings. The second-order valence-corrected chi connectivity index (χ2v) is 14.0. The van der Waals surface area contributed by atoms with Gasteiger partial charge in [0.2, 0.25) is 28.7 Å². The van der Waals surface area contributed by atoms with Crippen LogP contribution >= 0.6 is 11.8 Å². The molecule has 0 heterocycles. The molecule has 6 amide bonds. The lowest BCUT2D eigenvalue weighted by Gasteiger charge is -2.20. The predicted molar refractivity (Wildman–Crippen MR) is 217 cm³/mol. The van der Waals surface area contributed by atoms with E-state index >= 15 is 0 Å². The minimum absolute atomic E-state index is 0.0119. The second kappa shape index (κ2) is 25.7. The number of hydrogen-bond acceptors (Lipinski definition) is 12. The van der Waals surface area contributed by atoms with Gasteiger partial charge >= 0.3 is 18.2 Å². The topological polar surface area (TPSA) is 236 Å². The first-order valence-electron chi connectivity index (χ1n) is 18.7. The van der Waals surface area contributed by atoms with Crippen LogP contribution in [0.1, 0.15) is 43.4 Å². The predicted octanol–water partition coefficient (Wildman–Crippen LogP) is 2.27. The fourth-order valence-corrected chi connectivity index (χ4v) is 5.94. The zero-order chi connectivity index (χ0) is 43.0. The van der Waals surface area contributed by atoms with Crippen molar-refractivity contribution in [3.63, 3.8) is 0 Å². The Hall–Kier alpha value is -6.43. The van der Waals surface area contributed by atoms with Crippen LogP contribution in [0.3, 0.4) is 0 Å². The third-order valence-electron chi connectivity index (χ3n) is 8.29. The molecule has 59 heavy (non-hydrogen) atoms. The van der Waals surface area contributed by atoms with Crippen molar-refractivity contribution in [1.82, 2.24) is 31.9 Å². The van der Waals surface area contributed by atoms with E-state index in [2.05, 4.69) is 31.9 Å². The van der Waals surface area contributed by atoms with Crippen molar-refractivity contribution in [1.29, 1.82) is 0 Å². The smallest absolute Gasteiger partial charge is 0.408 e. The first-order valence-corrected chi connectivity index (χ1v) is 19.7. The van der Waals surface area contributed by atoms with Gasteiger partial charge in [0.05, 0.1) is 13.2 Å². The highest BCUT2D eigenvalue weighted by atomic mass is 32.2. The van der Waals surface area contributed by atoms with Gasteiger partial charge in [0.1, 0.15) is 31.3 Å². The fourth-order valence-electron chi connectivity index (χ4n) is 5.08. The molecule has 18 heteroatoms. The zero-order valence-electron chi connectivity index (χ0n) is 33.0. The molecule has 316 valence electrons. The molecule has 3 aromatic rings. The van der Waals surface area contributed by atoms with Gasteiger partial charge in [-0.05, 0) is 30.5 Å². The quantitative estimate of drug-likeness (QED) is 0.0632. The van der Waals surface area contributed by atoms with Crippen LogP contribution in [0, 0.1) is 0 Å². The molecule has 3 aromatic carbocycles. The van der Waals surface area contributed by atoms with Crippen molar-refractivity contribution < 1.29 is 52.6 Å². The first-order chi connectivity index (χ1) is 28.3. The highest BCUT2D eigenvalue weighted by molar-refractivity contribution is 8.13. The van der Waals surface area contributed by atoms with Crippen molar-refractivity contribution in [3.8, 4) is 0 Å². The molecule has 0 fully saturated rings. The van der Waals surface area contributed by atoms with Crippen molar-refractivity contribution in [2.24, 2.45) is 0 Å². The molecule has 0 aliphatic carbocycles. The Morgan fingerprint density at radius 1 is 0.559 bits per heavy atom. The standard InChI is InChI=1S/C41H50N6O11S/c1-27(44-40(54)57-24-30-15-9-5-10-16-30)36(50)42-21-19-34(48)46-32(23-29-13-7-4-8-14-29)37(51)43-22-20-35(49)47-33(38(52)56-3)26-59-39(53)28(2)45-41(55)58-25-31-17-11-6-12-18-31/h4-18,27-28,32-33H,19-26H2,1-3H3,(H,42,50)(H,43,51)(H,44,54)(H,45,55)(H,46,48)(H,47,49)/t27-,28-,32-,33-/m0/s1. The largest absolute Gasteiger partial charge is 0.467 e.